The first-order valence-electron chi connectivity index (χ1n) is 6.59. The molecule has 21 heavy (non-hydrogen) atoms. The summed E-state index contributed by atoms with van der Waals surface area (Å²) < 4.78 is 14.7. The van der Waals surface area contributed by atoms with Gasteiger partial charge in [-0.15, -0.1) is 0 Å². The summed E-state index contributed by atoms with van der Waals surface area (Å²) in [4.78, 5) is 11.8. The minimum atomic E-state index is -0.268. The quantitative estimate of drug-likeness (QED) is 0.754. The Morgan fingerprint density at radius 1 is 1.19 bits per heavy atom. The fourth-order valence-electron chi connectivity index (χ4n) is 1.92. The van der Waals surface area contributed by atoms with E-state index in [-0.39, 0.29) is 24.3 Å². The third kappa shape index (κ3) is 4.78. The average molecular weight is 398 g/mol. The van der Waals surface area contributed by atoms with Gasteiger partial charge in [0.25, 0.3) is 0 Å². The van der Waals surface area contributed by atoms with Crippen LogP contribution in [0.15, 0.2) is 48.5 Å². The minimum Gasteiger partial charge on any atom is -0.325 e. The van der Waals surface area contributed by atoms with Crippen LogP contribution in [0.2, 0.25) is 0 Å². The van der Waals surface area contributed by atoms with Gasteiger partial charge in [-0.05, 0) is 59.8 Å². The Morgan fingerprint density at radius 3 is 2.52 bits per heavy atom. The number of nitrogens with one attached hydrogen (secondary N) is 2. The lowest BCUT2D eigenvalue weighted by atomic mass is 10.1. The maximum Gasteiger partial charge on any atom is 0.238 e. The van der Waals surface area contributed by atoms with E-state index in [0.29, 0.717) is 5.56 Å². The molecule has 1 amide bonds. The first-order chi connectivity index (χ1) is 10.1. The molecule has 3 nitrogen and oxygen atoms in total. The standard InChI is InChI=1S/C16H16FIN2O/c1-11(14-4-2-3-5-15(14)17)19-10-16(21)20-13-8-6-12(18)7-9-13/h2-9,11,19H,10H2,1H3,(H,20,21). The van der Waals surface area contributed by atoms with Crippen LogP contribution >= 0.6 is 22.6 Å². The molecule has 2 N–H and O–H groups in total. The van der Waals surface area contributed by atoms with E-state index in [4.69, 9.17) is 0 Å². The van der Waals surface area contributed by atoms with Gasteiger partial charge < -0.3 is 10.6 Å². The van der Waals surface area contributed by atoms with E-state index in [0.717, 1.165) is 9.26 Å². The van der Waals surface area contributed by atoms with Crippen molar-refractivity contribution in [3.05, 3.63) is 63.5 Å². The van der Waals surface area contributed by atoms with Gasteiger partial charge in [-0.3, -0.25) is 4.79 Å². The lowest BCUT2D eigenvalue weighted by molar-refractivity contribution is -0.115. The summed E-state index contributed by atoms with van der Waals surface area (Å²) in [5.41, 5.74) is 1.31. The molecule has 0 saturated carbocycles. The number of benzene rings is 2. The summed E-state index contributed by atoms with van der Waals surface area (Å²) in [6.07, 6.45) is 0. The first-order valence-corrected chi connectivity index (χ1v) is 7.67. The number of carbonyl (C=O) groups is 1. The van der Waals surface area contributed by atoms with Crippen molar-refractivity contribution >= 4 is 34.2 Å². The molecule has 0 aliphatic heterocycles. The molecule has 1 atom stereocenters. The van der Waals surface area contributed by atoms with E-state index < -0.39 is 0 Å². The third-order valence-electron chi connectivity index (χ3n) is 3.07. The molecule has 2 aromatic carbocycles. The first kappa shape index (κ1) is 15.9. The number of amides is 1. The Bertz CT molecular complexity index is 616. The van der Waals surface area contributed by atoms with Crippen molar-refractivity contribution in [2.75, 3.05) is 11.9 Å². The van der Waals surface area contributed by atoms with Crippen LogP contribution in [0.3, 0.4) is 0 Å². The van der Waals surface area contributed by atoms with Crippen LogP contribution in [-0.4, -0.2) is 12.5 Å². The van der Waals surface area contributed by atoms with E-state index in [9.17, 15) is 9.18 Å². The highest BCUT2D eigenvalue weighted by molar-refractivity contribution is 14.1. The van der Waals surface area contributed by atoms with Crippen LogP contribution in [0.1, 0.15) is 18.5 Å². The van der Waals surface area contributed by atoms with E-state index >= 15 is 0 Å². The van der Waals surface area contributed by atoms with Gasteiger partial charge in [0, 0.05) is 20.9 Å². The molecule has 110 valence electrons. The Kier molecular flexibility index (Phi) is 5.69. The predicted octanol–water partition coefficient (Wildman–Crippen LogP) is 3.72. The molecule has 0 bridgehead atoms. The molecule has 0 spiro atoms. The third-order valence-corrected chi connectivity index (χ3v) is 3.79. The lowest BCUT2D eigenvalue weighted by Crippen LogP contribution is -2.30. The smallest absolute Gasteiger partial charge is 0.238 e. The number of anilines is 1. The second kappa shape index (κ2) is 7.51. The van der Waals surface area contributed by atoms with Crippen molar-refractivity contribution in [2.24, 2.45) is 0 Å². The predicted molar refractivity (Wildman–Crippen MR) is 90.6 cm³/mol. The maximum atomic E-state index is 13.6. The van der Waals surface area contributed by atoms with Crippen molar-refractivity contribution in [1.29, 1.82) is 0 Å². The number of carbonyl (C=O) groups excluding carboxylic acids is 1. The summed E-state index contributed by atoms with van der Waals surface area (Å²) in [5, 5.41) is 5.81. The van der Waals surface area contributed by atoms with Gasteiger partial charge >= 0.3 is 0 Å². The monoisotopic (exact) mass is 398 g/mol. The van der Waals surface area contributed by atoms with Crippen molar-refractivity contribution in [3.63, 3.8) is 0 Å². The lowest BCUT2D eigenvalue weighted by Gasteiger charge is -2.14. The van der Waals surface area contributed by atoms with Gasteiger partial charge in [0.1, 0.15) is 5.82 Å². The molecular formula is C16H16FIN2O. The molecule has 0 aliphatic rings. The van der Waals surface area contributed by atoms with Crippen LogP contribution in [0.25, 0.3) is 0 Å². The minimum absolute atomic E-state index is 0.126. The van der Waals surface area contributed by atoms with Gasteiger partial charge in [0.2, 0.25) is 5.91 Å². The van der Waals surface area contributed by atoms with E-state index in [1.54, 1.807) is 18.2 Å². The average Bonchev–Trinajstić information content (AvgIpc) is 2.48. The largest absolute Gasteiger partial charge is 0.325 e. The van der Waals surface area contributed by atoms with Gasteiger partial charge in [0.15, 0.2) is 0 Å². The highest BCUT2D eigenvalue weighted by Crippen LogP contribution is 2.16. The van der Waals surface area contributed by atoms with Gasteiger partial charge in [-0.1, -0.05) is 18.2 Å². The Balaban J connectivity index is 1.86. The summed E-state index contributed by atoms with van der Waals surface area (Å²) in [7, 11) is 0. The highest BCUT2D eigenvalue weighted by atomic mass is 127. The molecule has 2 rings (SSSR count). The van der Waals surface area contributed by atoms with Crippen LogP contribution in [0, 0.1) is 9.39 Å². The molecular weight excluding hydrogens is 382 g/mol. The maximum absolute atomic E-state index is 13.6. The van der Waals surface area contributed by atoms with Crippen LogP contribution in [-0.2, 0) is 4.79 Å². The fourth-order valence-corrected chi connectivity index (χ4v) is 2.28. The van der Waals surface area contributed by atoms with Crippen molar-refractivity contribution < 1.29 is 9.18 Å². The number of rotatable bonds is 5. The van der Waals surface area contributed by atoms with Crippen molar-refractivity contribution in [1.82, 2.24) is 5.32 Å². The molecule has 0 radical (unpaired) electrons. The summed E-state index contributed by atoms with van der Waals surface area (Å²) >= 11 is 2.20. The zero-order valence-electron chi connectivity index (χ0n) is 11.6. The number of halogens is 2. The molecule has 0 heterocycles. The normalized spacial score (nSPS) is 12.0. The van der Waals surface area contributed by atoms with E-state index in [1.165, 1.54) is 6.07 Å². The van der Waals surface area contributed by atoms with Gasteiger partial charge in [-0.2, -0.15) is 0 Å². The Morgan fingerprint density at radius 2 is 1.86 bits per heavy atom. The summed E-state index contributed by atoms with van der Waals surface area (Å²) in [6.45, 7) is 1.96. The zero-order chi connectivity index (χ0) is 15.2. The Hall–Kier alpha value is -1.47. The molecule has 2 aromatic rings. The molecule has 0 aromatic heterocycles. The van der Waals surface area contributed by atoms with Crippen LogP contribution in [0.5, 0.6) is 0 Å². The summed E-state index contributed by atoms with van der Waals surface area (Å²) in [6, 6.07) is 13.9. The van der Waals surface area contributed by atoms with Crippen LogP contribution in [0.4, 0.5) is 10.1 Å². The van der Waals surface area contributed by atoms with Gasteiger partial charge in [-0.25, -0.2) is 4.39 Å². The second-order valence-electron chi connectivity index (χ2n) is 4.68. The molecule has 0 aliphatic carbocycles. The van der Waals surface area contributed by atoms with Crippen molar-refractivity contribution in [2.45, 2.75) is 13.0 Å². The van der Waals surface area contributed by atoms with Gasteiger partial charge in [0.05, 0.1) is 6.54 Å². The second-order valence-corrected chi connectivity index (χ2v) is 5.92. The molecule has 0 fully saturated rings. The molecule has 5 heteroatoms. The zero-order valence-corrected chi connectivity index (χ0v) is 13.7. The van der Waals surface area contributed by atoms with E-state index in [2.05, 4.69) is 33.2 Å². The number of hydrogen-bond acceptors (Lipinski definition) is 2. The van der Waals surface area contributed by atoms with E-state index in [1.807, 2.05) is 31.2 Å². The SMILES string of the molecule is CC(NCC(=O)Nc1ccc(I)cc1)c1ccccc1F. The number of hydrogen-bond donors (Lipinski definition) is 2. The molecule has 1 unspecified atom stereocenters. The van der Waals surface area contributed by atoms with Crippen LogP contribution < -0.4 is 10.6 Å². The molecule has 0 saturated heterocycles. The highest BCUT2D eigenvalue weighted by Gasteiger charge is 2.11. The summed E-state index contributed by atoms with van der Waals surface area (Å²) in [5.74, 6) is -0.421. The fraction of sp³-hybridized carbons (Fsp3) is 0.188. The Labute approximate surface area is 137 Å². The van der Waals surface area contributed by atoms with Crippen molar-refractivity contribution in [3.8, 4) is 0 Å². The topological polar surface area (TPSA) is 41.1 Å².